The molecule has 0 unspecified atom stereocenters. The zero-order valence-electron chi connectivity index (χ0n) is 20.2. The Hall–Kier alpha value is -4.29. The minimum atomic E-state index is -4.53. The van der Waals surface area contributed by atoms with Crippen molar-refractivity contribution in [3.8, 4) is 5.75 Å². The minimum absolute atomic E-state index is 0.0372. The summed E-state index contributed by atoms with van der Waals surface area (Å²) in [5.74, 6) is -0.273. The number of amides is 1. The van der Waals surface area contributed by atoms with E-state index in [-0.39, 0.29) is 35.9 Å². The molecule has 0 aliphatic carbocycles. The number of carboxylic acids is 1. The molecule has 202 valence electrons. The molecule has 1 amide bonds. The Bertz CT molecular complexity index is 1310. The van der Waals surface area contributed by atoms with E-state index in [1.807, 2.05) is 0 Å². The molecule has 1 atom stereocenters. The Morgan fingerprint density at radius 2 is 1.97 bits per heavy atom. The van der Waals surface area contributed by atoms with Crippen LogP contribution in [0.25, 0.3) is 11.1 Å². The molecule has 4 rings (SSSR count). The van der Waals surface area contributed by atoms with E-state index in [4.69, 9.17) is 9.15 Å². The molecular weight excluding hydrogens is 507 g/mol. The fourth-order valence-corrected chi connectivity index (χ4v) is 3.71. The van der Waals surface area contributed by atoms with Crippen LogP contribution in [0.2, 0.25) is 0 Å². The number of carbonyl (C=O) groups is 2. The van der Waals surface area contributed by atoms with Crippen molar-refractivity contribution < 1.29 is 37.0 Å². The minimum Gasteiger partial charge on any atom is -0.494 e. The van der Waals surface area contributed by atoms with Gasteiger partial charge in [-0.1, -0.05) is 12.1 Å². The molecule has 1 aliphatic heterocycles. The van der Waals surface area contributed by atoms with Gasteiger partial charge in [-0.15, -0.1) is 0 Å². The number of nitrogens with zero attached hydrogens (tertiary/aromatic N) is 2. The molecule has 2 heterocycles. The second kappa shape index (κ2) is 11.8. The number of anilines is 1. The highest BCUT2D eigenvalue weighted by atomic mass is 19.4. The smallest absolute Gasteiger partial charge is 0.416 e. The number of aromatic nitrogens is 1. The first-order chi connectivity index (χ1) is 18.2. The van der Waals surface area contributed by atoms with Gasteiger partial charge in [-0.3, -0.25) is 15.1 Å². The number of carboxylic acid groups (broad SMARTS) is 1. The van der Waals surface area contributed by atoms with Gasteiger partial charge in [-0.05, 0) is 48.7 Å². The van der Waals surface area contributed by atoms with Crippen LogP contribution in [0.5, 0.6) is 5.75 Å². The van der Waals surface area contributed by atoms with Gasteiger partial charge in [-0.25, -0.2) is 4.79 Å². The molecule has 10 nitrogen and oxygen atoms in total. The fourth-order valence-electron chi connectivity index (χ4n) is 3.71. The van der Waals surface area contributed by atoms with E-state index in [0.717, 1.165) is 31.2 Å². The van der Waals surface area contributed by atoms with Crippen LogP contribution in [0, 0.1) is 0 Å². The summed E-state index contributed by atoms with van der Waals surface area (Å²) in [4.78, 5) is 31.9. The molecule has 2 aromatic carbocycles. The molecule has 0 radical (unpaired) electrons. The van der Waals surface area contributed by atoms with Crippen molar-refractivity contribution in [3.63, 3.8) is 0 Å². The summed E-state index contributed by atoms with van der Waals surface area (Å²) in [5.41, 5.74) is -0.141. The van der Waals surface area contributed by atoms with Crippen LogP contribution in [0.3, 0.4) is 0 Å². The van der Waals surface area contributed by atoms with Crippen LogP contribution in [0.1, 0.15) is 30.4 Å². The average Bonchev–Trinajstić information content (AvgIpc) is 3.29. The van der Waals surface area contributed by atoms with E-state index < -0.39 is 23.8 Å². The number of oxazole rings is 1. The standard InChI is InChI=1S/C25H26F3N5O5/c26-25(27,28)16-6-9-20-18(14-16)31-24(38-20)32-19(22(35)36)13-15-4-7-17(8-5-15)37-12-1-3-21(34)33-23-29-10-2-11-30-23/h4-9,14,19H,1-3,10-13H2,(H,31,32)(H,35,36)(H2,29,30,33,34)/t19-/m0/s1. The number of ether oxygens (including phenoxy) is 1. The first-order valence-electron chi connectivity index (χ1n) is 11.9. The monoisotopic (exact) mass is 533 g/mol. The summed E-state index contributed by atoms with van der Waals surface area (Å²) in [5, 5.41) is 18.0. The van der Waals surface area contributed by atoms with E-state index in [0.29, 0.717) is 36.8 Å². The highest BCUT2D eigenvalue weighted by Crippen LogP contribution is 2.32. The van der Waals surface area contributed by atoms with E-state index in [1.54, 1.807) is 24.3 Å². The van der Waals surface area contributed by atoms with Crippen molar-refractivity contribution >= 4 is 35.0 Å². The van der Waals surface area contributed by atoms with E-state index in [1.165, 1.54) is 0 Å². The second-order valence-electron chi connectivity index (χ2n) is 8.59. The summed E-state index contributed by atoms with van der Waals surface area (Å²) >= 11 is 0. The number of hydrogen-bond donors (Lipinski definition) is 4. The van der Waals surface area contributed by atoms with Gasteiger partial charge in [0.15, 0.2) is 11.5 Å². The van der Waals surface area contributed by atoms with Crippen molar-refractivity contribution in [1.29, 1.82) is 0 Å². The van der Waals surface area contributed by atoms with Gasteiger partial charge >= 0.3 is 12.1 Å². The summed E-state index contributed by atoms with van der Waals surface area (Å²) in [6.45, 7) is 1.79. The average molecular weight is 534 g/mol. The maximum absolute atomic E-state index is 12.9. The summed E-state index contributed by atoms with van der Waals surface area (Å²) in [7, 11) is 0. The summed E-state index contributed by atoms with van der Waals surface area (Å²) in [6.07, 6.45) is -2.76. The second-order valence-corrected chi connectivity index (χ2v) is 8.59. The quantitative estimate of drug-likeness (QED) is 0.290. The van der Waals surface area contributed by atoms with Crippen molar-refractivity contribution in [3.05, 3.63) is 53.6 Å². The highest BCUT2D eigenvalue weighted by Gasteiger charge is 2.31. The number of aliphatic carboxylic acids is 1. The van der Waals surface area contributed by atoms with E-state index in [9.17, 15) is 27.9 Å². The lowest BCUT2D eigenvalue weighted by atomic mass is 10.1. The molecule has 38 heavy (non-hydrogen) atoms. The Morgan fingerprint density at radius 1 is 1.18 bits per heavy atom. The molecule has 3 aromatic rings. The van der Waals surface area contributed by atoms with Gasteiger partial charge < -0.3 is 24.9 Å². The van der Waals surface area contributed by atoms with Crippen molar-refractivity contribution in [2.75, 3.05) is 25.0 Å². The number of benzene rings is 2. The van der Waals surface area contributed by atoms with E-state index >= 15 is 0 Å². The maximum Gasteiger partial charge on any atom is 0.416 e. The molecule has 0 saturated heterocycles. The number of nitrogens with one attached hydrogen (secondary N) is 3. The van der Waals surface area contributed by atoms with Gasteiger partial charge in [-0.2, -0.15) is 18.2 Å². The number of guanidine groups is 1. The summed E-state index contributed by atoms with van der Waals surface area (Å²) in [6, 6.07) is 8.30. The predicted molar refractivity (Wildman–Crippen MR) is 132 cm³/mol. The number of carbonyl (C=O) groups excluding carboxylic acids is 1. The zero-order chi connectivity index (χ0) is 27.1. The van der Waals surface area contributed by atoms with Crippen LogP contribution >= 0.6 is 0 Å². The summed E-state index contributed by atoms with van der Waals surface area (Å²) < 4.78 is 49.8. The molecule has 13 heteroatoms. The highest BCUT2D eigenvalue weighted by molar-refractivity contribution is 5.97. The molecule has 0 fully saturated rings. The molecule has 0 saturated carbocycles. The lowest BCUT2D eigenvalue weighted by molar-refractivity contribution is -0.138. The maximum atomic E-state index is 12.9. The van der Waals surface area contributed by atoms with Crippen LogP contribution in [0.4, 0.5) is 19.2 Å². The molecule has 1 aromatic heterocycles. The third-order valence-corrected chi connectivity index (χ3v) is 5.65. The van der Waals surface area contributed by atoms with Crippen LogP contribution in [-0.4, -0.2) is 53.7 Å². The Balaban J connectivity index is 1.27. The number of rotatable bonds is 10. The van der Waals surface area contributed by atoms with Gasteiger partial charge in [0.2, 0.25) is 5.91 Å². The number of fused-ring (bicyclic) bond motifs is 1. The molecular formula is C25H26F3N5O5. The van der Waals surface area contributed by atoms with Gasteiger partial charge in [0.1, 0.15) is 17.3 Å². The topological polar surface area (TPSA) is 138 Å². The lowest BCUT2D eigenvalue weighted by Crippen LogP contribution is -2.43. The van der Waals surface area contributed by atoms with Gasteiger partial charge in [0.25, 0.3) is 6.01 Å². The Labute approximate surface area is 215 Å². The van der Waals surface area contributed by atoms with Gasteiger partial charge in [0.05, 0.1) is 12.2 Å². The van der Waals surface area contributed by atoms with Crippen LogP contribution in [-0.2, 0) is 22.2 Å². The SMILES string of the molecule is O=C(CCCOc1ccc(C[C@H](Nc2nc3cc(C(F)(F)F)ccc3o2)C(=O)O)cc1)NC1=NCCCN1. The number of halogens is 3. The Kier molecular flexibility index (Phi) is 8.34. The third kappa shape index (κ3) is 7.37. The lowest BCUT2D eigenvalue weighted by Gasteiger charge is -2.15. The van der Waals surface area contributed by atoms with Crippen LogP contribution < -0.4 is 20.7 Å². The van der Waals surface area contributed by atoms with Crippen LogP contribution in [0.15, 0.2) is 51.9 Å². The Morgan fingerprint density at radius 3 is 2.66 bits per heavy atom. The molecule has 4 N–H and O–H groups in total. The third-order valence-electron chi connectivity index (χ3n) is 5.65. The number of hydrogen-bond acceptors (Lipinski definition) is 8. The fraction of sp³-hybridized carbons (Fsp3) is 0.360. The predicted octanol–water partition coefficient (Wildman–Crippen LogP) is 3.58. The number of aliphatic imine (C=N–C) groups is 1. The first kappa shape index (κ1) is 26.8. The van der Waals surface area contributed by atoms with Gasteiger partial charge in [0, 0.05) is 25.9 Å². The molecule has 0 spiro atoms. The first-order valence-corrected chi connectivity index (χ1v) is 11.9. The van der Waals surface area contributed by atoms with Crippen molar-refractivity contribution in [1.82, 2.24) is 15.6 Å². The number of alkyl halides is 3. The largest absolute Gasteiger partial charge is 0.494 e. The zero-order valence-corrected chi connectivity index (χ0v) is 20.2. The molecule has 1 aliphatic rings. The van der Waals surface area contributed by atoms with Crippen molar-refractivity contribution in [2.45, 2.75) is 37.9 Å². The van der Waals surface area contributed by atoms with E-state index in [2.05, 4.69) is 25.9 Å². The molecule has 0 bridgehead atoms. The van der Waals surface area contributed by atoms with Crippen molar-refractivity contribution in [2.24, 2.45) is 4.99 Å². The normalized spacial score (nSPS) is 14.3.